The van der Waals surface area contributed by atoms with Crippen molar-refractivity contribution >= 4 is 5.82 Å². The molecule has 1 aromatic heterocycles. The summed E-state index contributed by atoms with van der Waals surface area (Å²) >= 11 is 0. The van der Waals surface area contributed by atoms with E-state index in [1.807, 2.05) is 20.8 Å². The number of alkyl halides is 3. The second-order valence-corrected chi connectivity index (χ2v) is 6.31. The summed E-state index contributed by atoms with van der Waals surface area (Å²) in [6.07, 6.45) is -1.34. The van der Waals surface area contributed by atoms with Crippen LogP contribution in [0.15, 0.2) is 12.4 Å². The van der Waals surface area contributed by atoms with Crippen LogP contribution < -0.4 is 10.2 Å². The number of hydrogen-bond donors (Lipinski definition) is 1. The topological polar surface area (TPSA) is 41.1 Å². The van der Waals surface area contributed by atoms with Gasteiger partial charge in [0.25, 0.3) is 0 Å². The summed E-state index contributed by atoms with van der Waals surface area (Å²) in [6, 6.07) is -0.313. The van der Waals surface area contributed by atoms with Crippen molar-refractivity contribution in [3.8, 4) is 0 Å². The molecule has 0 bridgehead atoms. The molecule has 7 heteroatoms. The Hall–Kier alpha value is -1.37. The Labute approximate surface area is 123 Å². The summed E-state index contributed by atoms with van der Waals surface area (Å²) in [5.74, 6) is 0.246. The molecule has 1 heterocycles. The fraction of sp³-hybridized carbons (Fsp3) is 0.714. The summed E-state index contributed by atoms with van der Waals surface area (Å²) in [4.78, 5) is 9.49. The van der Waals surface area contributed by atoms with Crippen LogP contribution >= 0.6 is 0 Å². The number of nitrogens with zero attached hydrogens (tertiary/aromatic N) is 3. The van der Waals surface area contributed by atoms with Crippen molar-refractivity contribution in [1.82, 2.24) is 15.3 Å². The molecule has 0 aliphatic heterocycles. The maximum absolute atomic E-state index is 12.7. The Kier molecular flexibility index (Phi) is 5.55. The molecule has 0 unspecified atom stereocenters. The zero-order valence-electron chi connectivity index (χ0n) is 13.1. The highest BCUT2D eigenvalue weighted by Crippen LogP contribution is 2.22. The van der Waals surface area contributed by atoms with Gasteiger partial charge in [0.15, 0.2) is 0 Å². The van der Waals surface area contributed by atoms with Crippen molar-refractivity contribution in [3.05, 3.63) is 18.1 Å². The lowest BCUT2D eigenvalue weighted by atomic mass is 10.1. The van der Waals surface area contributed by atoms with E-state index in [1.54, 1.807) is 20.0 Å². The summed E-state index contributed by atoms with van der Waals surface area (Å²) in [6.45, 7) is 8.86. The molecule has 0 saturated carbocycles. The smallest absolute Gasteiger partial charge is 0.344 e. The molecule has 1 rings (SSSR count). The van der Waals surface area contributed by atoms with Gasteiger partial charge in [0.05, 0.1) is 11.9 Å². The first-order valence-electron chi connectivity index (χ1n) is 6.87. The van der Waals surface area contributed by atoms with Crippen LogP contribution in [0, 0.1) is 0 Å². The van der Waals surface area contributed by atoms with E-state index in [0.29, 0.717) is 12.2 Å². The summed E-state index contributed by atoms with van der Waals surface area (Å²) in [5, 5.41) is 3.24. The van der Waals surface area contributed by atoms with Crippen LogP contribution in [0.1, 0.15) is 40.3 Å². The van der Waals surface area contributed by atoms with Gasteiger partial charge in [-0.15, -0.1) is 0 Å². The average molecular weight is 304 g/mol. The minimum Gasteiger partial charge on any atom is -0.344 e. The Morgan fingerprint density at radius 2 is 1.81 bits per heavy atom. The third-order valence-electron chi connectivity index (χ3n) is 2.74. The molecule has 1 N–H and O–H groups in total. The molecule has 1 aromatic rings. The summed E-state index contributed by atoms with van der Waals surface area (Å²) in [5.41, 5.74) is 0.525. The number of halogens is 3. The fourth-order valence-corrected chi connectivity index (χ4v) is 1.70. The van der Waals surface area contributed by atoms with Gasteiger partial charge in [-0.3, -0.25) is 4.98 Å². The molecule has 0 spiro atoms. The van der Waals surface area contributed by atoms with Gasteiger partial charge in [-0.1, -0.05) is 0 Å². The molecule has 0 aliphatic rings. The van der Waals surface area contributed by atoms with Gasteiger partial charge in [-0.2, -0.15) is 13.2 Å². The highest BCUT2D eigenvalue weighted by molar-refractivity contribution is 5.37. The lowest BCUT2D eigenvalue weighted by molar-refractivity contribution is -0.120. The molecular formula is C14H23F3N4. The van der Waals surface area contributed by atoms with E-state index in [1.165, 1.54) is 11.1 Å². The summed E-state index contributed by atoms with van der Waals surface area (Å²) < 4.78 is 38.0. The van der Waals surface area contributed by atoms with Gasteiger partial charge in [0.1, 0.15) is 12.4 Å². The van der Waals surface area contributed by atoms with Gasteiger partial charge in [-0.25, -0.2) is 4.98 Å². The van der Waals surface area contributed by atoms with E-state index >= 15 is 0 Å². The molecule has 0 atom stereocenters. The molecule has 0 fully saturated rings. The second kappa shape index (κ2) is 6.60. The number of aromatic nitrogens is 2. The van der Waals surface area contributed by atoms with Crippen LogP contribution in [-0.2, 0) is 6.54 Å². The van der Waals surface area contributed by atoms with Crippen molar-refractivity contribution in [3.63, 3.8) is 0 Å². The average Bonchev–Trinajstić information content (AvgIpc) is 2.32. The fourth-order valence-electron chi connectivity index (χ4n) is 1.70. The SMILES string of the molecule is CC(C)N(CC(F)(F)F)c1cncc(CNC(C)(C)C)n1. The third-order valence-corrected chi connectivity index (χ3v) is 2.74. The van der Waals surface area contributed by atoms with Crippen LogP contribution in [0.3, 0.4) is 0 Å². The Balaban J connectivity index is 2.90. The first kappa shape index (κ1) is 17.7. The van der Waals surface area contributed by atoms with Gasteiger partial charge in [0, 0.05) is 24.3 Å². The van der Waals surface area contributed by atoms with Gasteiger partial charge in [0.2, 0.25) is 0 Å². The van der Waals surface area contributed by atoms with Gasteiger partial charge in [-0.05, 0) is 34.6 Å². The van der Waals surface area contributed by atoms with Crippen molar-refractivity contribution in [2.45, 2.75) is 58.9 Å². The molecule has 0 aromatic carbocycles. The number of hydrogen-bond acceptors (Lipinski definition) is 4. The first-order chi connectivity index (χ1) is 9.48. The van der Waals surface area contributed by atoms with E-state index in [4.69, 9.17) is 0 Å². The van der Waals surface area contributed by atoms with Gasteiger partial charge >= 0.3 is 6.18 Å². The Bertz CT molecular complexity index is 452. The first-order valence-corrected chi connectivity index (χ1v) is 6.87. The maximum Gasteiger partial charge on any atom is 0.405 e. The van der Waals surface area contributed by atoms with E-state index in [9.17, 15) is 13.2 Å². The van der Waals surface area contributed by atoms with Crippen molar-refractivity contribution in [1.29, 1.82) is 0 Å². The normalized spacial score (nSPS) is 12.8. The largest absolute Gasteiger partial charge is 0.405 e. The van der Waals surface area contributed by atoms with Gasteiger partial charge < -0.3 is 10.2 Å². The summed E-state index contributed by atoms with van der Waals surface area (Å²) in [7, 11) is 0. The molecule has 120 valence electrons. The molecule has 0 aliphatic carbocycles. The second-order valence-electron chi connectivity index (χ2n) is 6.31. The third kappa shape index (κ3) is 6.75. The molecule has 0 radical (unpaired) electrons. The molecular weight excluding hydrogens is 281 g/mol. The van der Waals surface area contributed by atoms with Crippen LogP contribution in [-0.4, -0.2) is 34.3 Å². The quantitative estimate of drug-likeness (QED) is 0.907. The lowest BCUT2D eigenvalue weighted by Gasteiger charge is -2.29. The van der Waals surface area contributed by atoms with E-state index in [-0.39, 0.29) is 17.4 Å². The minimum absolute atomic E-state index is 0.0958. The molecule has 4 nitrogen and oxygen atoms in total. The molecule has 0 amide bonds. The van der Waals surface area contributed by atoms with Crippen LogP contribution in [0.25, 0.3) is 0 Å². The Morgan fingerprint density at radius 1 is 1.19 bits per heavy atom. The molecule has 21 heavy (non-hydrogen) atoms. The van der Waals surface area contributed by atoms with Crippen molar-refractivity contribution < 1.29 is 13.2 Å². The van der Waals surface area contributed by atoms with E-state index in [2.05, 4.69) is 15.3 Å². The Morgan fingerprint density at radius 3 is 2.29 bits per heavy atom. The predicted molar refractivity (Wildman–Crippen MR) is 77.2 cm³/mol. The minimum atomic E-state index is -4.27. The molecule has 0 saturated heterocycles. The number of nitrogens with one attached hydrogen (secondary N) is 1. The maximum atomic E-state index is 12.7. The zero-order chi connectivity index (χ0) is 16.3. The standard InChI is InChI=1S/C14H23F3N4/c1-10(2)21(9-14(15,16)17)12-8-18-6-11(20-12)7-19-13(3,4)5/h6,8,10,19H,7,9H2,1-5H3. The van der Waals surface area contributed by atoms with Crippen LogP contribution in [0.4, 0.5) is 19.0 Å². The number of rotatable bonds is 5. The predicted octanol–water partition coefficient (Wildman–Crippen LogP) is 3.14. The monoisotopic (exact) mass is 304 g/mol. The number of anilines is 1. The van der Waals surface area contributed by atoms with Crippen LogP contribution in [0.2, 0.25) is 0 Å². The van der Waals surface area contributed by atoms with E-state index in [0.717, 1.165) is 0 Å². The zero-order valence-corrected chi connectivity index (χ0v) is 13.1. The highest BCUT2D eigenvalue weighted by atomic mass is 19.4. The van der Waals surface area contributed by atoms with Crippen molar-refractivity contribution in [2.24, 2.45) is 0 Å². The van der Waals surface area contributed by atoms with Crippen molar-refractivity contribution in [2.75, 3.05) is 11.4 Å². The highest BCUT2D eigenvalue weighted by Gasteiger charge is 2.32. The van der Waals surface area contributed by atoms with E-state index < -0.39 is 12.7 Å². The lowest BCUT2D eigenvalue weighted by Crippen LogP contribution is -2.40. The van der Waals surface area contributed by atoms with Crippen LogP contribution in [0.5, 0.6) is 0 Å².